The maximum absolute atomic E-state index is 10.7. The second kappa shape index (κ2) is 6.02. The van der Waals surface area contributed by atoms with Crippen molar-refractivity contribution in [1.82, 2.24) is 0 Å². The number of benzene rings is 2. The van der Waals surface area contributed by atoms with E-state index in [-0.39, 0.29) is 12.8 Å². The van der Waals surface area contributed by atoms with Gasteiger partial charge in [0.05, 0.1) is 12.8 Å². The average molecular weight is 278 g/mol. The van der Waals surface area contributed by atoms with Gasteiger partial charge in [0.15, 0.2) is 0 Å². The molecule has 0 aliphatic heterocycles. The van der Waals surface area contributed by atoms with Gasteiger partial charge in [0.2, 0.25) is 0 Å². The van der Waals surface area contributed by atoms with Crippen LogP contribution in [0.1, 0.15) is 0 Å². The number of ether oxygens (including phenoxy) is 1. The molecule has 0 saturated heterocycles. The van der Waals surface area contributed by atoms with E-state index in [0.717, 1.165) is 11.1 Å². The average Bonchev–Trinajstić information content (AvgIpc) is 2.39. The van der Waals surface area contributed by atoms with Crippen molar-refractivity contribution in [3.8, 4) is 16.9 Å². The summed E-state index contributed by atoms with van der Waals surface area (Å²) in [5.41, 5.74) is 2.19. The molecule has 0 spiro atoms. The monoisotopic (exact) mass is 278 g/mol. The van der Waals surface area contributed by atoms with Gasteiger partial charge < -0.3 is 14.5 Å². The summed E-state index contributed by atoms with van der Waals surface area (Å²) in [7, 11) is -3.99. The van der Waals surface area contributed by atoms with Gasteiger partial charge in [-0.25, -0.2) is 0 Å². The molecule has 0 saturated carbocycles. The summed E-state index contributed by atoms with van der Waals surface area (Å²) in [4.78, 5) is 17.4. The van der Waals surface area contributed by atoms with Gasteiger partial charge in [0, 0.05) is 0 Å². The van der Waals surface area contributed by atoms with E-state index < -0.39 is 7.60 Å². The summed E-state index contributed by atoms with van der Waals surface area (Å²) >= 11 is 0. The molecule has 2 rings (SSSR count). The molecule has 0 atom stereocenters. The molecule has 0 amide bonds. The molecular formula is C14H15O4P. The molecule has 0 fully saturated rings. The maximum Gasteiger partial charge on any atom is 0.328 e. The quantitative estimate of drug-likeness (QED) is 0.825. The highest BCUT2D eigenvalue weighted by molar-refractivity contribution is 7.51. The van der Waals surface area contributed by atoms with Crippen molar-refractivity contribution in [2.45, 2.75) is 0 Å². The number of rotatable bonds is 5. The van der Waals surface area contributed by atoms with Crippen LogP contribution in [-0.4, -0.2) is 22.6 Å². The molecule has 5 heteroatoms. The van der Waals surface area contributed by atoms with Crippen LogP contribution in [0, 0.1) is 0 Å². The molecule has 0 aromatic heterocycles. The van der Waals surface area contributed by atoms with Gasteiger partial charge in [-0.05, 0) is 23.3 Å². The van der Waals surface area contributed by atoms with Crippen molar-refractivity contribution in [2.24, 2.45) is 0 Å². The number of hydrogen-bond acceptors (Lipinski definition) is 2. The minimum atomic E-state index is -3.99. The fraction of sp³-hybridized carbons (Fsp3) is 0.143. The zero-order valence-electron chi connectivity index (χ0n) is 10.3. The zero-order chi connectivity index (χ0) is 13.7. The Morgan fingerprint density at radius 3 is 2.05 bits per heavy atom. The van der Waals surface area contributed by atoms with Crippen molar-refractivity contribution in [2.75, 3.05) is 12.8 Å². The SMILES string of the molecule is O=P(O)(O)CCOc1ccc(-c2ccccc2)cc1. The highest BCUT2D eigenvalue weighted by atomic mass is 31.2. The van der Waals surface area contributed by atoms with Crippen LogP contribution in [0.4, 0.5) is 0 Å². The van der Waals surface area contributed by atoms with E-state index in [1.165, 1.54) is 0 Å². The van der Waals surface area contributed by atoms with E-state index in [0.29, 0.717) is 5.75 Å². The van der Waals surface area contributed by atoms with Crippen LogP contribution >= 0.6 is 7.60 Å². The van der Waals surface area contributed by atoms with E-state index in [2.05, 4.69) is 0 Å². The van der Waals surface area contributed by atoms with Crippen LogP contribution in [0.2, 0.25) is 0 Å². The maximum atomic E-state index is 10.7. The summed E-state index contributed by atoms with van der Waals surface area (Å²) < 4.78 is 16.0. The minimum Gasteiger partial charge on any atom is -0.493 e. The van der Waals surface area contributed by atoms with Gasteiger partial charge in [-0.1, -0.05) is 42.5 Å². The van der Waals surface area contributed by atoms with Crippen LogP contribution in [0.5, 0.6) is 5.75 Å². The summed E-state index contributed by atoms with van der Waals surface area (Å²) in [6, 6.07) is 17.4. The molecule has 4 nitrogen and oxygen atoms in total. The molecular weight excluding hydrogens is 263 g/mol. The van der Waals surface area contributed by atoms with Crippen LogP contribution in [0.25, 0.3) is 11.1 Å². The highest BCUT2D eigenvalue weighted by Gasteiger charge is 2.12. The Morgan fingerprint density at radius 2 is 1.47 bits per heavy atom. The van der Waals surface area contributed by atoms with Crippen molar-refractivity contribution in [1.29, 1.82) is 0 Å². The van der Waals surface area contributed by atoms with E-state index in [1.54, 1.807) is 12.1 Å². The first-order valence-electron chi connectivity index (χ1n) is 5.87. The largest absolute Gasteiger partial charge is 0.493 e. The summed E-state index contributed by atoms with van der Waals surface area (Å²) in [6.45, 7) is 0.00889. The van der Waals surface area contributed by atoms with Gasteiger partial charge in [0.1, 0.15) is 5.75 Å². The third-order valence-electron chi connectivity index (χ3n) is 2.61. The lowest BCUT2D eigenvalue weighted by atomic mass is 10.1. The van der Waals surface area contributed by atoms with Gasteiger partial charge in [-0.3, -0.25) is 4.57 Å². The molecule has 0 heterocycles. The Morgan fingerprint density at radius 1 is 0.895 bits per heavy atom. The lowest BCUT2D eigenvalue weighted by Crippen LogP contribution is -2.03. The van der Waals surface area contributed by atoms with E-state index in [9.17, 15) is 4.57 Å². The Hall–Kier alpha value is -1.61. The molecule has 19 heavy (non-hydrogen) atoms. The first-order valence-corrected chi connectivity index (χ1v) is 7.67. The van der Waals surface area contributed by atoms with Crippen molar-refractivity contribution < 1.29 is 19.1 Å². The van der Waals surface area contributed by atoms with Crippen molar-refractivity contribution in [3.05, 3.63) is 54.6 Å². The fourth-order valence-corrected chi connectivity index (χ4v) is 1.99. The molecule has 2 N–H and O–H groups in total. The lowest BCUT2D eigenvalue weighted by molar-refractivity contribution is 0.316. The molecule has 2 aromatic rings. The second-order valence-electron chi connectivity index (χ2n) is 4.13. The third kappa shape index (κ3) is 4.52. The van der Waals surface area contributed by atoms with Gasteiger partial charge in [0.25, 0.3) is 0 Å². The smallest absolute Gasteiger partial charge is 0.328 e. The highest BCUT2D eigenvalue weighted by Crippen LogP contribution is 2.33. The van der Waals surface area contributed by atoms with Gasteiger partial charge in [-0.15, -0.1) is 0 Å². The summed E-state index contributed by atoms with van der Waals surface area (Å²) in [5, 5.41) is 0. The third-order valence-corrected chi connectivity index (χ3v) is 3.38. The van der Waals surface area contributed by atoms with Crippen LogP contribution in [0.3, 0.4) is 0 Å². The predicted molar refractivity (Wildman–Crippen MR) is 74.3 cm³/mol. The normalized spacial score (nSPS) is 11.3. The molecule has 0 bridgehead atoms. The predicted octanol–water partition coefficient (Wildman–Crippen LogP) is 2.91. The fourth-order valence-electron chi connectivity index (χ4n) is 1.66. The molecule has 100 valence electrons. The summed E-state index contributed by atoms with van der Waals surface area (Å²) in [5.74, 6) is 0.605. The van der Waals surface area contributed by atoms with Crippen molar-refractivity contribution in [3.63, 3.8) is 0 Å². The van der Waals surface area contributed by atoms with Gasteiger partial charge >= 0.3 is 7.60 Å². The molecule has 0 aliphatic carbocycles. The topological polar surface area (TPSA) is 66.8 Å². The van der Waals surface area contributed by atoms with E-state index >= 15 is 0 Å². The van der Waals surface area contributed by atoms with Crippen LogP contribution in [-0.2, 0) is 4.57 Å². The first kappa shape index (κ1) is 13.8. The van der Waals surface area contributed by atoms with E-state index in [4.69, 9.17) is 14.5 Å². The Kier molecular flexibility index (Phi) is 4.38. The molecule has 0 unspecified atom stereocenters. The first-order chi connectivity index (χ1) is 9.04. The molecule has 2 aromatic carbocycles. The Bertz CT molecular complexity index is 560. The van der Waals surface area contributed by atoms with Crippen LogP contribution < -0.4 is 4.74 Å². The summed E-state index contributed by atoms with van der Waals surface area (Å²) in [6.07, 6.45) is -0.270. The van der Waals surface area contributed by atoms with Crippen LogP contribution in [0.15, 0.2) is 54.6 Å². The number of hydrogen-bond donors (Lipinski definition) is 2. The zero-order valence-corrected chi connectivity index (χ0v) is 11.2. The Labute approximate surface area is 111 Å². The molecule has 0 aliphatic rings. The van der Waals surface area contributed by atoms with E-state index in [1.807, 2.05) is 42.5 Å². The van der Waals surface area contributed by atoms with Crippen molar-refractivity contribution >= 4 is 7.60 Å². The standard InChI is InChI=1S/C14H15O4P/c15-19(16,17)11-10-18-14-8-6-13(7-9-14)12-4-2-1-3-5-12/h1-9H,10-11H2,(H2,15,16,17). The second-order valence-corrected chi connectivity index (χ2v) is 5.90. The minimum absolute atomic E-state index is 0.00889. The Balaban J connectivity index is 1.97. The van der Waals surface area contributed by atoms with Gasteiger partial charge in [-0.2, -0.15) is 0 Å². The molecule has 0 radical (unpaired) electrons. The lowest BCUT2D eigenvalue weighted by Gasteiger charge is -2.08.